The summed E-state index contributed by atoms with van der Waals surface area (Å²) in [5, 5.41) is 0.935. The molecule has 7 heteroatoms. The van der Waals surface area contributed by atoms with E-state index in [9.17, 15) is 4.79 Å². The van der Waals surface area contributed by atoms with Crippen LogP contribution in [0.4, 0.5) is 17.2 Å². The molecule has 24 heavy (non-hydrogen) atoms. The Kier molecular flexibility index (Phi) is 3.91. The van der Waals surface area contributed by atoms with Gasteiger partial charge in [-0.1, -0.05) is 0 Å². The maximum atomic E-state index is 11.9. The number of aromatic nitrogens is 2. The van der Waals surface area contributed by atoms with Crippen LogP contribution in [-0.4, -0.2) is 29.9 Å². The third-order valence-electron chi connectivity index (χ3n) is 3.62. The number of H-pyrrole nitrogens is 1. The Balaban J connectivity index is 2.03. The fourth-order valence-electron chi connectivity index (χ4n) is 2.37. The summed E-state index contributed by atoms with van der Waals surface area (Å²) in [6.45, 7) is 0. The lowest BCUT2D eigenvalue weighted by Crippen LogP contribution is -2.25. The van der Waals surface area contributed by atoms with Crippen molar-refractivity contribution in [3.63, 3.8) is 0 Å². The molecule has 0 saturated carbocycles. The van der Waals surface area contributed by atoms with Gasteiger partial charge in [-0.05, 0) is 36.4 Å². The largest absolute Gasteiger partial charge is 0.398 e. The van der Waals surface area contributed by atoms with Gasteiger partial charge >= 0.3 is 0 Å². The van der Waals surface area contributed by atoms with E-state index >= 15 is 0 Å². The van der Waals surface area contributed by atoms with Crippen molar-refractivity contribution in [3.8, 4) is 0 Å². The van der Waals surface area contributed by atoms with Gasteiger partial charge in [-0.2, -0.15) is 0 Å². The molecule has 122 valence electrons. The first-order valence-electron chi connectivity index (χ1n) is 7.35. The van der Waals surface area contributed by atoms with E-state index in [4.69, 9.17) is 11.5 Å². The second-order valence-electron chi connectivity index (χ2n) is 5.58. The van der Waals surface area contributed by atoms with Crippen LogP contribution in [-0.2, 0) is 0 Å². The average molecular weight is 322 g/mol. The molecule has 0 fully saturated rings. The van der Waals surface area contributed by atoms with Crippen LogP contribution < -0.4 is 21.9 Å². The molecule has 0 spiro atoms. The lowest BCUT2D eigenvalue weighted by molar-refractivity contribution is 1.08. The topological polar surface area (TPSA) is 113 Å². The minimum absolute atomic E-state index is 0.0755. The SMILES string of the molecule is CN(C)c1ccc2cc(N=C(N)c3c(N)cc[nH]c3=O)ccc2n1. The van der Waals surface area contributed by atoms with Gasteiger partial charge in [0.15, 0.2) is 0 Å². The van der Waals surface area contributed by atoms with Crippen molar-refractivity contribution in [1.29, 1.82) is 0 Å². The van der Waals surface area contributed by atoms with E-state index in [-0.39, 0.29) is 22.6 Å². The summed E-state index contributed by atoms with van der Waals surface area (Å²) in [4.78, 5) is 25.2. The minimum atomic E-state index is -0.366. The number of nitrogens with one attached hydrogen (secondary N) is 1. The normalized spacial score (nSPS) is 11.7. The Labute approximate surface area is 138 Å². The Morgan fingerprint density at radius 3 is 2.71 bits per heavy atom. The third-order valence-corrected chi connectivity index (χ3v) is 3.62. The molecule has 0 aliphatic carbocycles. The number of hydrogen-bond donors (Lipinski definition) is 3. The van der Waals surface area contributed by atoms with E-state index < -0.39 is 0 Å². The van der Waals surface area contributed by atoms with Crippen LogP contribution in [0, 0.1) is 0 Å². The number of fused-ring (bicyclic) bond motifs is 1. The lowest BCUT2D eigenvalue weighted by atomic mass is 10.2. The molecule has 2 aromatic heterocycles. The number of pyridine rings is 2. The Hall–Kier alpha value is -3.35. The monoisotopic (exact) mass is 322 g/mol. The van der Waals surface area contributed by atoms with Gasteiger partial charge < -0.3 is 21.4 Å². The Morgan fingerprint density at radius 1 is 1.21 bits per heavy atom. The fraction of sp³-hybridized carbons (Fsp3) is 0.118. The van der Waals surface area contributed by atoms with Gasteiger partial charge in [-0.15, -0.1) is 0 Å². The molecule has 3 rings (SSSR count). The smallest absolute Gasteiger partial charge is 0.261 e. The van der Waals surface area contributed by atoms with Crippen molar-refractivity contribution in [2.24, 2.45) is 10.7 Å². The average Bonchev–Trinajstić information content (AvgIpc) is 2.54. The predicted molar refractivity (Wildman–Crippen MR) is 97.9 cm³/mol. The van der Waals surface area contributed by atoms with Crippen LogP contribution in [0.25, 0.3) is 10.9 Å². The number of hydrogen-bond acceptors (Lipinski definition) is 5. The maximum absolute atomic E-state index is 11.9. The van der Waals surface area contributed by atoms with Crippen LogP contribution in [0.1, 0.15) is 5.56 Å². The Bertz CT molecular complexity index is 990. The molecule has 0 bridgehead atoms. The first-order valence-corrected chi connectivity index (χ1v) is 7.35. The molecule has 1 aromatic carbocycles. The van der Waals surface area contributed by atoms with Gasteiger partial charge in [0, 0.05) is 31.4 Å². The fourth-order valence-corrected chi connectivity index (χ4v) is 2.37. The summed E-state index contributed by atoms with van der Waals surface area (Å²) < 4.78 is 0. The van der Waals surface area contributed by atoms with Crippen molar-refractivity contribution < 1.29 is 0 Å². The molecular formula is C17H18N6O. The van der Waals surface area contributed by atoms with Gasteiger partial charge in [0.05, 0.1) is 11.2 Å². The number of nitrogen functional groups attached to an aromatic ring is 1. The second-order valence-corrected chi connectivity index (χ2v) is 5.58. The zero-order valence-corrected chi connectivity index (χ0v) is 13.4. The zero-order valence-electron chi connectivity index (χ0n) is 13.4. The third kappa shape index (κ3) is 2.91. The molecule has 0 aliphatic heterocycles. The van der Waals surface area contributed by atoms with Crippen molar-refractivity contribution in [2.75, 3.05) is 24.7 Å². The first-order chi connectivity index (χ1) is 11.5. The van der Waals surface area contributed by atoms with Gasteiger partial charge in [0.25, 0.3) is 5.56 Å². The minimum Gasteiger partial charge on any atom is -0.398 e. The van der Waals surface area contributed by atoms with Crippen molar-refractivity contribution in [3.05, 3.63) is 58.5 Å². The molecule has 0 radical (unpaired) electrons. The molecule has 0 unspecified atom stereocenters. The quantitative estimate of drug-likeness (QED) is 0.501. The van der Waals surface area contributed by atoms with E-state index in [0.29, 0.717) is 5.69 Å². The first kappa shape index (κ1) is 15.5. The van der Waals surface area contributed by atoms with E-state index in [2.05, 4.69) is 15.0 Å². The number of anilines is 2. The van der Waals surface area contributed by atoms with E-state index in [1.807, 2.05) is 43.3 Å². The molecule has 0 aliphatic rings. The highest BCUT2D eigenvalue weighted by molar-refractivity contribution is 6.03. The zero-order chi connectivity index (χ0) is 17.3. The van der Waals surface area contributed by atoms with Gasteiger partial charge in [0.1, 0.15) is 17.2 Å². The molecule has 0 saturated heterocycles. The summed E-state index contributed by atoms with van der Waals surface area (Å²) >= 11 is 0. The number of aliphatic imine (C=N–C) groups is 1. The predicted octanol–water partition coefficient (Wildman–Crippen LogP) is 1.61. The van der Waals surface area contributed by atoms with E-state index in [0.717, 1.165) is 16.7 Å². The Morgan fingerprint density at radius 2 is 2.00 bits per heavy atom. The van der Waals surface area contributed by atoms with Crippen LogP contribution in [0.5, 0.6) is 0 Å². The second kappa shape index (κ2) is 6.04. The van der Waals surface area contributed by atoms with E-state index in [1.54, 1.807) is 12.1 Å². The molecule has 7 nitrogen and oxygen atoms in total. The molecule has 0 amide bonds. The van der Waals surface area contributed by atoms with Crippen LogP contribution >= 0.6 is 0 Å². The number of nitrogens with two attached hydrogens (primary N) is 2. The highest BCUT2D eigenvalue weighted by Crippen LogP contribution is 2.23. The number of rotatable bonds is 3. The highest BCUT2D eigenvalue weighted by Gasteiger charge is 2.09. The number of benzene rings is 1. The van der Waals surface area contributed by atoms with Gasteiger partial charge in [0.2, 0.25) is 0 Å². The van der Waals surface area contributed by atoms with E-state index in [1.165, 1.54) is 6.20 Å². The molecular weight excluding hydrogens is 304 g/mol. The summed E-state index contributed by atoms with van der Waals surface area (Å²) in [5.41, 5.74) is 13.4. The lowest BCUT2D eigenvalue weighted by Gasteiger charge is -2.11. The van der Waals surface area contributed by atoms with Gasteiger partial charge in [-0.25, -0.2) is 9.98 Å². The summed E-state index contributed by atoms with van der Waals surface area (Å²) in [6.07, 6.45) is 1.47. The standard InChI is InChI=1S/C17H18N6O/c1-23(2)14-6-3-10-9-11(4-5-13(10)22-14)21-16(19)15-12(18)7-8-20-17(15)24/h3-9H,1-2H3,(H2,19,21)(H3,18,20,24). The van der Waals surface area contributed by atoms with Crippen molar-refractivity contribution in [1.82, 2.24) is 9.97 Å². The molecule has 5 N–H and O–H groups in total. The van der Waals surface area contributed by atoms with Crippen molar-refractivity contribution in [2.45, 2.75) is 0 Å². The summed E-state index contributed by atoms with van der Waals surface area (Å²) in [5.74, 6) is 0.952. The number of aromatic amines is 1. The maximum Gasteiger partial charge on any atom is 0.261 e. The summed E-state index contributed by atoms with van der Waals surface area (Å²) in [7, 11) is 3.88. The highest BCUT2D eigenvalue weighted by atomic mass is 16.1. The van der Waals surface area contributed by atoms with Crippen LogP contribution in [0.15, 0.2) is 52.4 Å². The molecule has 0 atom stereocenters. The van der Waals surface area contributed by atoms with Crippen LogP contribution in [0.2, 0.25) is 0 Å². The van der Waals surface area contributed by atoms with Crippen molar-refractivity contribution >= 4 is 33.9 Å². The number of amidine groups is 1. The number of nitrogens with zero attached hydrogens (tertiary/aromatic N) is 3. The van der Waals surface area contributed by atoms with Gasteiger partial charge in [-0.3, -0.25) is 4.79 Å². The molecule has 3 aromatic rings. The van der Waals surface area contributed by atoms with Crippen LogP contribution in [0.3, 0.4) is 0 Å². The summed E-state index contributed by atoms with van der Waals surface area (Å²) in [6, 6.07) is 11.0. The molecule has 2 heterocycles.